The van der Waals surface area contributed by atoms with Gasteiger partial charge in [-0.3, -0.25) is 14.6 Å². The molecule has 182 valence electrons. The van der Waals surface area contributed by atoms with Crippen LogP contribution < -0.4 is 5.32 Å². The number of hydrogen-bond acceptors (Lipinski definition) is 5. The summed E-state index contributed by atoms with van der Waals surface area (Å²) in [6.45, 7) is 11.2. The molecule has 1 aromatic rings. The molecule has 1 unspecified atom stereocenters. The topological polar surface area (TPSA) is 82.2 Å². The lowest BCUT2D eigenvalue weighted by Crippen LogP contribution is -2.54. The lowest BCUT2D eigenvalue weighted by molar-refractivity contribution is -0.139. The van der Waals surface area contributed by atoms with E-state index < -0.39 is 12.0 Å². The number of nitrogens with zero attached hydrogens (tertiary/aromatic N) is 3. The first-order valence-electron chi connectivity index (χ1n) is 12.1. The fourth-order valence-electron chi connectivity index (χ4n) is 4.67. The molecule has 2 fully saturated rings. The minimum atomic E-state index is -0.597. The van der Waals surface area contributed by atoms with E-state index in [1.54, 1.807) is 17.9 Å². The van der Waals surface area contributed by atoms with Gasteiger partial charge in [0.25, 0.3) is 0 Å². The van der Waals surface area contributed by atoms with Crippen LogP contribution in [0.15, 0.2) is 48.2 Å². The Balaban J connectivity index is 1.65. The van der Waals surface area contributed by atoms with Crippen molar-refractivity contribution in [3.05, 3.63) is 59.3 Å². The van der Waals surface area contributed by atoms with Crippen LogP contribution in [0.2, 0.25) is 0 Å². The van der Waals surface area contributed by atoms with Gasteiger partial charge in [0.2, 0.25) is 5.91 Å². The number of hydrogen-bond donors (Lipinski definition) is 1. The molecule has 0 spiro atoms. The maximum Gasteiger partial charge on any atom is 0.338 e. The highest BCUT2D eigenvalue weighted by molar-refractivity contribution is 5.95. The Morgan fingerprint density at radius 1 is 1.21 bits per heavy atom. The van der Waals surface area contributed by atoms with Crippen LogP contribution in [0, 0.1) is 12.8 Å². The van der Waals surface area contributed by atoms with Gasteiger partial charge < -0.3 is 15.0 Å². The molecule has 1 atom stereocenters. The molecule has 3 amide bonds. The Bertz CT molecular complexity index is 992. The monoisotopic (exact) mass is 466 g/mol. The number of carbonyl (C=O) groups is 3. The van der Waals surface area contributed by atoms with Crippen molar-refractivity contribution in [3.8, 4) is 0 Å². The van der Waals surface area contributed by atoms with Crippen LogP contribution in [0.1, 0.15) is 36.9 Å². The standard InChI is InChI=1S/C26H34N4O4/c1-4-11-30-21(17-28-12-14-29(15-13-28)24(31)19-9-10-19)22(25(32)34-5-2)23(27-26(30)33)20-8-6-7-18(3)16-20/h4,6-8,16,19,23H,1,5,9-15,17H2,2-3H3,(H,27,33). The Labute approximate surface area is 201 Å². The molecular formula is C26H34N4O4. The Morgan fingerprint density at radius 2 is 1.94 bits per heavy atom. The summed E-state index contributed by atoms with van der Waals surface area (Å²) >= 11 is 0. The van der Waals surface area contributed by atoms with Crippen molar-refractivity contribution in [1.29, 1.82) is 0 Å². The summed E-state index contributed by atoms with van der Waals surface area (Å²) in [6, 6.07) is 6.94. The molecule has 1 saturated heterocycles. The Hall–Kier alpha value is -3.13. The molecule has 2 aliphatic heterocycles. The molecule has 1 aliphatic carbocycles. The van der Waals surface area contributed by atoms with E-state index in [0.717, 1.165) is 24.0 Å². The van der Waals surface area contributed by atoms with E-state index in [0.29, 0.717) is 44.0 Å². The predicted octanol–water partition coefficient (Wildman–Crippen LogP) is 2.62. The van der Waals surface area contributed by atoms with Crippen molar-refractivity contribution < 1.29 is 19.1 Å². The third kappa shape index (κ3) is 5.17. The fraction of sp³-hybridized carbons (Fsp3) is 0.500. The van der Waals surface area contributed by atoms with Gasteiger partial charge in [-0.25, -0.2) is 9.59 Å². The zero-order chi connectivity index (χ0) is 24.2. The largest absolute Gasteiger partial charge is 0.463 e. The van der Waals surface area contributed by atoms with Crippen LogP contribution in [0.5, 0.6) is 0 Å². The van der Waals surface area contributed by atoms with E-state index in [-0.39, 0.29) is 31.0 Å². The normalized spacial score (nSPS) is 21.4. The maximum atomic E-state index is 13.2. The Kier molecular flexibility index (Phi) is 7.36. The number of piperazine rings is 1. The van der Waals surface area contributed by atoms with E-state index in [9.17, 15) is 14.4 Å². The molecule has 0 radical (unpaired) electrons. The molecule has 8 heteroatoms. The van der Waals surface area contributed by atoms with Gasteiger partial charge in [-0.1, -0.05) is 35.9 Å². The molecule has 3 aliphatic rings. The number of benzene rings is 1. The minimum Gasteiger partial charge on any atom is -0.463 e. The van der Waals surface area contributed by atoms with Crippen LogP contribution in [0.25, 0.3) is 0 Å². The van der Waals surface area contributed by atoms with E-state index in [1.807, 2.05) is 36.1 Å². The second-order valence-corrected chi connectivity index (χ2v) is 9.15. The molecular weight excluding hydrogens is 432 g/mol. The highest BCUT2D eigenvalue weighted by Crippen LogP contribution is 2.33. The summed E-state index contributed by atoms with van der Waals surface area (Å²) in [4.78, 5) is 44.6. The molecule has 1 saturated carbocycles. The number of rotatable bonds is 8. The molecule has 0 aromatic heterocycles. The summed E-state index contributed by atoms with van der Waals surface area (Å²) in [5.74, 6) is 0.0430. The first-order chi connectivity index (χ1) is 16.4. The Morgan fingerprint density at radius 3 is 2.56 bits per heavy atom. The first kappa shape index (κ1) is 24.0. The second kappa shape index (κ2) is 10.4. The van der Waals surface area contributed by atoms with Crippen LogP contribution in [0.4, 0.5) is 4.79 Å². The van der Waals surface area contributed by atoms with Gasteiger partial charge >= 0.3 is 12.0 Å². The van der Waals surface area contributed by atoms with Crippen LogP contribution in [0.3, 0.4) is 0 Å². The van der Waals surface area contributed by atoms with Crippen molar-refractivity contribution in [2.24, 2.45) is 5.92 Å². The SMILES string of the molecule is C=CCN1C(=O)NC(c2cccc(C)c2)C(C(=O)OCC)=C1CN1CCN(C(=O)C2CC2)CC1. The summed E-state index contributed by atoms with van der Waals surface area (Å²) in [6.07, 6.45) is 3.66. The minimum absolute atomic E-state index is 0.213. The number of amides is 3. The molecule has 1 N–H and O–H groups in total. The van der Waals surface area contributed by atoms with Crippen molar-refractivity contribution in [2.75, 3.05) is 45.9 Å². The third-order valence-electron chi connectivity index (χ3n) is 6.60. The summed E-state index contributed by atoms with van der Waals surface area (Å²) < 4.78 is 5.45. The predicted molar refractivity (Wildman–Crippen MR) is 129 cm³/mol. The average Bonchev–Trinajstić information content (AvgIpc) is 3.67. The average molecular weight is 467 g/mol. The van der Waals surface area contributed by atoms with Gasteiger partial charge in [0.1, 0.15) is 0 Å². The molecule has 34 heavy (non-hydrogen) atoms. The molecule has 8 nitrogen and oxygen atoms in total. The van der Waals surface area contributed by atoms with Crippen LogP contribution in [-0.2, 0) is 14.3 Å². The smallest absolute Gasteiger partial charge is 0.338 e. The van der Waals surface area contributed by atoms with Gasteiger partial charge in [0, 0.05) is 50.9 Å². The number of aryl methyl sites for hydroxylation is 1. The van der Waals surface area contributed by atoms with Gasteiger partial charge in [0.15, 0.2) is 0 Å². The fourth-order valence-corrected chi connectivity index (χ4v) is 4.67. The number of ether oxygens (including phenoxy) is 1. The van der Waals surface area contributed by atoms with Gasteiger partial charge in [-0.15, -0.1) is 6.58 Å². The van der Waals surface area contributed by atoms with Gasteiger partial charge in [-0.05, 0) is 32.3 Å². The van der Waals surface area contributed by atoms with E-state index in [2.05, 4.69) is 16.8 Å². The van der Waals surface area contributed by atoms with Crippen molar-refractivity contribution in [1.82, 2.24) is 20.0 Å². The van der Waals surface area contributed by atoms with E-state index in [1.165, 1.54) is 0 Å². The maximum absolute atomic E-state index is 13.2. The molecule has 2 heterocycles. The van der Waals surface area contributed by atoms with Crippen LogP contribution >= 0.6 is 0 Å². The molecule has 0 bridgehead atoms. The highest BCUT2D eigenvalue weighted by atomic mass is 16.5. The zero-order valence-corrected chi connectivity index (χ0v) is 20.1. The van der Waals surface area contributed by atoms with E-state index >= 15 is 0 Å². The summed E-state index contributed by atoms with van der Waals surface area (Å²) in [5.41, 5.74) is 2.97. The lowest BCUT2D eigenvalue weighted by Gasteiger charge is -2.40. The molecule has 1 aromatic carbocycles. The van der Waals surface area contributed by atoms with Crippen molar-refractivity contribution >= 4 is 17.9 Å². The van der Waals surface area contributed by atoms with Crippen molar-refractivity contribution in [2.45, 2.75) is 32.7 Å². The quantitative estimate of drug-likeness (QED) is 0.471. The number of carbonyl (C=O) groups excluding carboxylic acids is 3. The lowest BCUT2D eigenvalue weighted by atomic mass is 9.93. The highest BCUT2D eigenvalue weighted by Gasteiger charge is 2.39. The van der Waals surface area contributed by atoms with Crippen LogP contribution in [-0.4, -0.2) is 78.5 Å². The van der Waals surface area contributed by atoms with Crippen molar-refractivity contribution in [3.63, 3.8) is 0 Å². The zero-order valence-electron chi connectivity index (χ0n) is 20.1. The second-order valence-electron chi connectivity index (χ2n) is 9.15. The number of nitrogens with one attached hydrogen (secondary N) is 1. The van der Waals surface area contributed by atoms with Gasteiger partial charge in [-0.2, -0.15) is 0 Å². The summed E-state index contributed by atoms with van der Waals surface area (Å²) in [5, 5.41) is 3.00. The van der Waals surface area contributed by atoms with Gasteiger partial charge in [0.05, 0.1) is 18.2 Å². The summed E-state index contributed by atoms with van der Waals surface area (Å²) in [7, 11) is 0. The molecule has 4 rings (SSSR count). The number of esters is 1. The number of urea groups is 1. The first-order valence-corrected chi connectivity index (χ1v) is 12.1. The van der Waals surface area contributed by atoms with E-state index in [4.69, 9.17) is 4.74 Å². The third-order valence-corrected chi connectivity index (χ3v) is 6.60.